The van der Waals surface area contributed by atoms with E-state index in [9.17, 15) is 10.0 Å². The van der Waals surface area contributed by atoms with Gasteiger partial charge in [-0.15, -0.1) is 0 Å². The highest BCUT2D eigenvalue weighted by molar-refractivity contribution is 5.49. The number of hydrogen-bond acceptors (Lipinski definition) is 2. The molecule has 0 bridgehead atoms. The van der Waals surface area contributed by atoms with E-state index in [2.05, 4.69) is 0 Å². The lowest BCUT2D eigenvalue weighted by molar-refractivity contribution is -0.0562. The van der Waals surface area contributed by atoms with E-state index in [1.165, 1.54) is 12.0 Å². The summed E-state index contributed by atoms with van der Waals surface area (Å²) in [4.78, 5) is 10.3. The molecule has 13 heavy (non-hydrogen) atoms. The zero-order chi connectivity index (χ0) is 9.26. The van der Waals surface area contributed by atoms with Gasteiger partial charge in [0.25, 0.3) is 0 Å². The number of carbonyl (C=O) groups excluding carboxylic acids is 1. The van der Waals surface area contributed by atoms with Gasteiger partial charge in [0.15, 0.2) is 0 Å². The van der Waals surface area contributed by atoms with E-state index in [-0.39, 0.29) is 6.04 Å². The molecule has 3 nitrogen and oxygen atoms in total. The Kier molecular flexibility index (Phi) is 2.02. The van der Waals surface area contributed by atoms with Crippen LogP contribution in [0.2, 0.25) is 0 Å². The van der Waals surface area contributed by atoms with Crippen LogP contribution in [-0.4, -0.2) is 16.7 Å². The summed E-state index contributed by atoms with van der Waals surface area (Å²) in [6.45, 7) is 0. The molecular formula is C10H10NO2. The third-order valence-electron chi connectivity index (χ3n) is 2.49. The Labute approximate surface area is 76.6 Å². The van der Waals surface area contributed by atoms with Crippen molar-refractivity contribution in [3.63, 3.8) is 0 Å². The van der Waals surface area contributed by atoms with Crippen molar-refractivity contribution >= 4 is 6.41 Å². The van der Waals surface area contributed by atoms with Crippen molar-refractivity contribution in [3.8, 4) is 0 Å². The number of amides is 1. The number of aryl methyl sites for hydroxylation is 1. The van der Waals surface area contributed by atoms with E-state index in [4.69, 9.17) is 0 Å². The molecule has 1 amide bonds. The van der Waals surface area contributed by atoms with Crippen molar-refractivity contribution in [2.45, 2.75) is 18.9 Å². The summed E-state index contributed by atoms with van der Waals surface area (Å²) in [6.07, 6.45) is 3.19. The fourth-order valence-electron chi connectivity index (χ4n) is 1.85. The second-order valence-corrected chi connectivity index (χ2v) is 3.19. The summed E-state index contributed by atoms with van der Waals surface area (Å²) in [7, 11) is 0. The lowest BCUT2D eigenvalue weighted by atomic mass is 10.1. The van der Waals surface area contributed by atoms with Crippen molar-refractivity contribution in [3.05, 3.63) is 35.4 Å². The molecule has 0 heterocycles. The van der Waals surface area contributed by atoms with Gasteiger partial charge in [-0.1, -0.05) is 24.3 Å². The lowest BCUT2D eigenvalue weighted by Gasteiger charge is -2.16. The molecule has 1 aliphatic carbocycles. The van der Waals surface area contributed by atoms with Gasteiger partial charge in [0.2, 0.25) is 0 Å². The first kappa shape index (κ1) is 8.26. The monoisotopic (exact) mass is 176 g/mol. The molecule has 0 fully saturated rings. The second-order valence-electron chi connectivity index (χ2n) is 3.19. The van der Waals surface area contributed by atoms with Crippen molar-refractivity contribution in [1.82, 2.24) is 5.06 Å². The van der Waals surface area contributed by atoms with Crippen LogP contribution in [0.15, 0.2) is 24.3 Å². The zero-order valence-corrected chi connectivity index (χ0v) is 7.10. The molecule has 0 aliphatic heterocycles. The SMILES string of the molecule is O=[C]N(O)C1CCc2ccccc21. The van der Waals surface area contributed by atoms with Gasteiger partial charge in [0.05, 0.1) is 6.04 Å². The highest BCUT2D eigenvalue weighted by atomic mass is 16.5. The number of nitrogens with zero attached hydrogens (tertiary/aromatic N) is 1. The van der Waals surface area contributed by atoms with Crippen LogP contribution in [-0.2, 0) is 11.2 Å². The lowest BCUT2D eigenvalue weighted by Crippen LogP contribution is -2.21. The molecule has 1 aromatic carbocycles. The minimum Gasteiger partial charge on any atom is -0.285 e. The highest BCUT2D eigenvalue weighted by Gasteiger charge is 2.26. The summed E-state index contributed by atoms with van der Waals surface area (Å²) in [5.41, 5.74) is 2.25. The van der Waals surface area contributed by atoms with Gasteiger partial charge in [-0.2, -0.15) is 0 Å². The van der Waals surface area contributed by atoms with Crippen LogP contribution in [0, 0.1) is 0 Å². The summed E-state index contributed by atoms with van der Waals surface area (Å²) >= 11 is 0. The fourth-order valence-corrected chi connectivity index (χ4v) is 1.85. The Bertz CT molecular complexity index is 324. The first-order chi connectivity index (χ1) is 6.33. The summed E-state index contributed by atoms with van der Waals surface area (Å²) in [6, 6.07) is 7.64. The maximum absolute atomic E-state index is 10.3. The number of fused-ring (bicyclic) bond motifs is 1. The van der Waals surface area contributed by atoms with Crippen LogP contribution in [0.5, 0.6) is 0 Å². The molecule has 1 aliphatic rings. The predicted octanol–water partition coefficient (Wildman–Crippen LogP) is 1.43. The van der Waals surface area contributed by atoms with E-state index in [1.807, 2.05) is 24.3 Å². The number of hydrogen-bond donors (Lipinski definition) is 1. The molecule has 67 valence electrons. The standard InChI is InChI=1S/C10H10NO2/c12-7-11(13)10-6-5-8-3-1-2-4-9(8)10/h1-4,10,13H,5-6H2. The Morgan fingerprint density at radius 1 is 1.46 bits per heavy atom. The molecule has 2 rings (SSSR count). The molecule has 0 saturated carbocycles. The topological polar surface area (TPSA) is 40.5 Å². The van der Waals surface area contributed by atoms with E-state index >= 15 is 0 Å². The number of hydroxylamine groups is 2. The average molecular weight is 176 g/mol. The molecule has 1 aromatic rings. The minimum atomic E-state index is -0.200. The molecule has 0 saturated heterocycles. The maximum atomic E-state index is 10.3. The quantitative estimate of drug-likeness (QED) is 0.420. The van der Waals surface area contributed by atoms with Gasteiger partial charge in [-0.3, -0.25) is 10.0 Å². The third kappa shape index (κ3) is 1.31. The van der Waals surface area contributed by atoms with E-state index in [1.54, 1.807) is 0 Å². The molecule has 0 spiro atoms. The Morgan fingerprint density at radius 3 is 3.00 bits per heavy atom. The molecular weight excluding hydrogens is 166 g/mol. The number of benzene rings is 1. The second kappa shape index (κ2) is 3.18. The van der Waals surface area contributed by atoms with Gasteiger partial charge in [-0.05, 0) is 24.0 Å². The Morgan fingerprint density at radius 2 is 2.23 bits per heavy atom. The number of rotatable bonds is 2. The smallest absolute Gasteiger partial charge is 0.285 e. The predicted molar refractivity (Wildman–Crippen MR) is 46.8 cm³/mol. The van der Waals surface area contributed by atoms with Crippen LogP contribution in [0.3, 0.4) is 0 Å². The molecule has 1 N–H and O–H groups in total. The molecule has 1 radical (unpaired) electrons. The molecule has 0 aromatic heterocycles. The molecule has 1 atom stereocenters. The van der Waals surface area contributed by atoms with Crippen LogP contribution in [0.25, 0.3) is 0 Å². The first-order valence-corrected chi connectivity index (χ1v) is 4.26. The van der Waals surface area contributed by atoms with Crippen molar-refractivity contribution in [2.24, 2.45) is 0 Å². The summed E-state index contributed by atoms with van der Waals surface area (Å²) < 4.78 is 0. The van der Waals surface area contributed by atoms with E-state index in [0.29, 0.717) is 5.06 Å². The van der Waals surface area contributed by atoms with Gasteiger partial charge in [0.1, 0.15) is 0 Å². The minimum absolute atomic E-state index is 0.200. The van der Waals surface area contributed by atoms with Crippen LogP contribution >= 0.6 is 0 Å². The zero-order valence-electron chi connectivity index (χ0n) is 7.10. The third-order valence-corrected chi connectivity index (χ3v) is 2.49. The molecule has 1 unspecified atom stereocenters. The Hall–Kier alpha value is -1.35. The van der Waals surface area contributed by atoms with Crippen molar-refractivity contribution < 1.29 is 10.0 Å². The van der Waals surface area contributed by atoms with Gasteiger partial charge >= 0.3 is 6.41 Å². The normalized spacial score (nSPS) is 19.6. The van der Waals surface area contributed by atoms with Crippen molar-refractivity contribution in [2.75, 3.05) is 0 Å². The van der Waals surface area contributed by atoms with Crippen molar-refractivity contribution in [1.29, 1.82) is 0 Å². The van der Waals surface area contributed by atoms with E-state index in [0.717, 1.165) is 18.4 Å². The average Bonchev–Trinajstić information content (AvgIpc) is 2.60. The van der Waals surface area contributed by atoms with Gasteiger partial charge in [-0.25, -0.2) is 5.06 Å². The van der Waals surface area contributed by atoms with E-state index < -0.39 is 0 Å². The largest absolute Gasteiger partial charge is 0.338 e. The maximum Gasteiger partial charge on any atom is 0.338 e. The Balaban J connectivity index is 2.33. The van der Waals surface area contributed by atoms with Gasteiger partial charge < -0.3 is 0 Å². The highest BCUT2D eigenvalue weighted by Crippen LogP contribution is 2.33. The molecule has 3 heteroatoms. The van der Waals surface area contributed by atoms with Crippen LogP contribution in [0.1, 0.15) is 23.6 Å². The first-order valence-electron chi connectivity index (χ1n) is 4.26. The summed E-state index contributed by atoms with van der Waals surface area (Å²) in [5.74, 6) is 0. The fraction of sp³-hybridized carbons (Fsp3) is 0.300. The van der Waals surface area contributed by atoms with Gasteiger partial charge in [0, 0.05) is 0 Å². The summed E-state index contributed by atoms with van der Waals surface area (Å²) in [5, 5.41) is 9.84. The van der Waals surface area contributed by atoms with Crippen LogP contribution in [0.4, 0.5) is 0 Å². The van der Waals surface area contributed by atoms with Crippen LogP contribution < -0.4 is 0 Å².